The summed E-state index contributed by atoms with van der Waals surface area (Å²) >= 11 is 3.36. The summed E-state index contributed by atoms with van der Waals surface area (Å²) in [5, 5.41) is 4.21. The Balaban J connectivity index is 2.16. The number of halogens is 1. The monoisotopic (exact) mass is 402 g/mol. The molecule has 0 fully saturated rings. The van der Waals surface area contributed by atoms with Crippen molar-refractivity contribution in [1.82, 2.24) is 5.43 Å². The number of benzene rings is 2. The van der Waals surface area contributed by atoms with Crippen LogP contribution in [0.15, 0.2) is 52.0 Å². The molecule has 0 saturated carbocycles. The van der Waals surface area contributed by atoms with E-state index >= 15 is 0 Å². The van der Waals surface area contributed by atoms with Gasteiger partial charge < -0.3 is 4.74 Å². The van der Waals surface area contributed by atoms with Gasteiger partial charge >= 0.3 is 0 Å². The fourth-order valence-electron chi connectivity index (χ4n) is 2.33. The van der Waals surface area contributed by atoms with Gasteiger partial charge in [-0.05, 0) is 41.7 Å². The van der Waals surface area contributed by atoms with E-state index in [1.807, 2.05) is 25.1 Å². The van der Waals surface area contributed by atoms with Gasteiger partial charge in [0.05, 0.1) is 18.4 Å². The molecule has 0 saturated heterocycles. The van der Waals surface area contributed by atoms with E-state index in [0.29, 0.717) is 11.3 Å². The van der Waals surface area contributed by atoms with Gasteiger partial charge in [-0.2, -0.15) is 5.10 Å². The highest BCUT2D eigenvalue weighted by molar-refractivity contribution is 9.10. The minimum absolute atomic E-state index is 0.106. The molecule has 5 heteroatoms. The topological polar surface area (TPSA) is 50.7 Å². The first-order valence-corrected chi connectivity index (χ1v) is 8.81. The van der Waals surface area contributed by atoms with Crippen molar-refractivity contribution in [2.75, 3.05) is 7.11 Å². The lowest BCUT2D eigenvalue weighted by Gasteiger charge is -2.19. The van der Waals surface area contributed by atoms with Crippen molar-refractivity contribution in [2.45, 2.75) is 33.1 Å². The predicted molar refractivity (Wildman–Crippen MR) is 106 cm³/mol. The largest absolute Gasteiger partial charge is 0.496 e. The van der Waals surface area contributed by atoms with Gasteiger partial charge in [-0.15, -0.1) is 0 Å². The van der Waals surface area contributed by atoms with Crippen LogP contribution < -0.4 is 10.2 Å². The Morgan fingerprint density at radius 3 is 2.32 bits per heavy atom. The number of nitrogens with one attached hydrogen (secondary N) is 1. The van der Waals surface area contributed by atoms with E-state index in [-0.39, 0.29) is 11.3 Å². The Morgan fingerprint density at radius 1 is 1.12 bits per heavy atom. The lowest BCUT2D eigenvalue weighted by atomic mass is 9.86. The second-order valence-corrected chi connectivity index (χ2v) is 7.73. The summed E-state index contributed by atoms with van der Waals surface area (Å²) in [6.45, 7) is 8.39. The zero-order valence-electron chi connectivity index (χ0n) is 15.2. The highest BCUT2D eigenvalue weighted by Crippen LogP contribution is 2.23. The molecule has 0 radical (unpaired) electrons. The van der Waals surface area contributed by atoms with E-state index in [9.17, 15) is 4.79 Å². The second kappa shape index (κ2) is 7.83. The average molecular weight is 403 g/mol. The summed E-state index contributed by atoms with van der Waals surface area (Å²) in [7, 11) is 1.53. The quantitative estimate of drug-likeness (QED) is 0.583. The van der Waals surface area contributed by atoms with Crippen molar-refractivity contribution in [1.29, 1.82) is 0 Å². The number of hydrogen-bond acceptors (Lipinski definition) is 3. The first kappa shape index (κ1) is 19.2. The van der Waals surface area contributed by atoms with E-state index in [2.05, 4.69) is 59.4 Å². The Hall–Kier alpha value is -2.14. The number of methoxy groups -OCH3 is 1. The van der Waals surface area contributed by atoms with Gasteiger partial charge in [-0.3, -0.25) is 4.79 Å². The van der Waals surface area contributed by atoms with Crippen LogP contribution in [-0.4, -0.2) is 18.7 Å². The minimum atomic E-state index is -0.316. The molecule has 0 aromatic heterocycles. The fraction of sp³-hybridized carbons (Fsp3) is 0.300. The van der Waals surface area contributed by atoms with E-state index in [0.717, 1.165) is 15.7 Å². The number of carbonyl (C=O) groups is 1. The first-order chi connectivity index (χ1) is 11.7. The van der Waals surface area contributed by atoms with Crippen molar-refractivity contribution in [3.05, 3.63) is 63.6 Å². The van der Waals surface area contributed by atoms with E-state index in [4.69, 9.17) is 4.74 Å². The van der Waals surface area contributed by atoms with Crippen LogP contribution in [0.3, 0.4) is 0 Å². The van der Waals surface area contributed by atoms with Gasteiger partial charge in [-0.25, -0.2) is 5.43 Å². The summed E-state index contributed by atoms with van der Waals surface area (Å²) < 4.78 is 6.03. The highest BCUT2D eigenvalue weighted by Gasteiger charge is 2.14. The molecular formula is C20H23BrN2O2. The number of ether oxygens (including phenoxy) is 1. The lowest BCUT2D eigenvalue weighted by molar-refractivity contribution is 0.0951. The van der Waals surface area contributed by atoms with Crippen LogP contribution in [-0.2, 0) is 5.41 Å². The Labute approximate surface area is 157 Å². The number of amides is 1. The van der Waals surface area contributed by atoms with Crippen molar-refractivity contribution < 1.29 is 9.53 Å². The van der Waals surface area contributed by atoms with Crippen LogP contribution >= 0.6 is 15.9 Å². The van der Waals surface area contributed by atoms with Crippen molar-refractivity contribution >= 4 is 27.5 Å². The molecule has 0 aliphatic carbocycles. The molecule has 0 aliphatic rings. The van der Waals surface area contributed by atoms with Crippen molar-refractivity contribution in [2.24, 2.45) is 5.10 Å². The molecule has 0 aliphatic heterocycles. The first-order valence-electron chi connectivity index (χ1n) is 8.01. The van der Waals surface area contributed by atoms with E-state index in [1.165, 1.54) is 12.7 Å². The molecule has 4 nitrogen and oxygen atoms in total. The summed E-state index contributed by atoms with van der Waals surface area (Å²) in [4.78, 5) is 12.4. The third kappa shape index (κ3) is 4.92. The van der Waals surface area contributed by atoms with E-state index < -0.39 is 0 Å². The average Bonchev–Trinajstić information content (AvgIpc) is 2.58. The smallest absolute Gasteiger partial charge is 0.275 e. The van der Waals surface area contributed by atoms with Gasteiger partial charge in [-0.1, -0.05) is 61.0 Å². The summed E-state index contributed by atoms with van der Waals surface area (Å²) in [6, 6.07) is 13.5. The van der Waals surface area contributed by atoms with E-state index in [1.54, 1.807) is 12.1 Å². The van der Waals surface area contributed by atoms with Crippen LogP contribution in [0.5, 0.6) is 5.75 Å². The Bertz CT molecular complexity index is 790. The lowest BCUT2D eigenvalue weighted by Crippen LogP contribution is -2.20. The summed E-state index contributed by atoms with van der Waals surface area (Å²) in [6.07, 6.45) is 0. The Kier molecular flexibility index (Phi) is 6.01. The molecule has 25 heavy (non-hydrogen) atoms. The van der Waals surface area contributed by atoms with Crippen molar-refractivity contribution in [3.63, 3.8) is 0 Å². The zero-order chi connectivity index (χ0) is 18.6. The van der Waals surface area contributed by atoms with Gasteiger partial charge in [0.1, 0.15) is 5.75 Å². The van der Waals surface area contributed by atoms with Crippen LogP contribution in [0.1, 0.15) is 49.2 Å². The predicted octanol–water partition coefficient (Wildman–Crippen LogP) is 4.91. The molecule has 0 unspecified atom stereocenters. The zero-order valence-corrected chi connectivity index (χ0v) is 16.8. The number of nitrogens with zero attached hydrogens (tertiary/aromatic N) is 1. The number of rotatable bonds is 4. The standard InChI is InChI=1S/C20H23BrN2O2/c1-13(14-6-8-15(9-7-14)20(2,3)4)22-23-19(24)17-12-16(21)10-11-18(17)25-5/h6-12H,1-5H3,(H,23,24)/b22-13-. The molecular weight excluding hydrogens is 380 g/mol. The third-order valence-electron chi connectivity index (χ3n) is 3.90. The van der Waals surface area contributed by atoms with Gasteiger partial charge in [0.15, 0.2) is 0 Å². The van der Waals surface area contributed by atoms with Gasteiger partial charge in [0.25, 0.3) is 5.91 Å². The van der Waals surface area contributed by atoms with Gasteiger partial charge in [0, 0.05) is 4.47 Å². The maximum absolute atomic E-state index is 12.4. The molecule has 1 amide bonds. The normalized spacial score (nSPS) is 12.0. The molecule has 0 atom stereocenters. The summed E-state index contributed by atoms with van der Waals surface area (Å²) in [5.41, 5.74) is 6.09. The van der Waals surface area contributed by atoms with Crippen molar-refractivity contribution in [3.8, 4) is 5.75 Å². The highest BCUT2D eigenvalue weighted by atomic mass is 79.9. The minimum Gasteiger partial charge on any atom is -0.496 e. The molecule has 0 spiro atoms. The molecule has 132 valence electrons. The SMILES string of the molecule is COc1ccc(Br)cc1C(=O)N/N=C(/C)c1ccc(C(C)(C)C)cc1. The maximum Gasteiger partial charge on any atom is 0.275 e. The van der Waals surface area contributed by atoms with Gasteiger partial charge in [0.2, 0.25) is 0 Å². The molecule has 2 rings (SSSR count). The molecule has 0 heterocycles. The number of carbonyl (C=O) groups excluding carboxylic acids is 1. The van der Waals surface area contributed by atoms with Crippen LogP contribution in [0.4, 0.5) is 0 Å². The number of hydrogen-bond donors (Lipinski definition) is 1. The van der Waals surface area contributed by atoms with Crippen LogP contribution in [0, 0.1) is 0 Å². The maximum atomic E-state index is 12.4. The third-order valence-corrected chi connectivity index (χ3v) is 4.39. The molecule has 0 bridgehead atoms. The van der Waals surface area contributed by atoms with Crippen LogP contribution in [0.25, 0.3) is 0 Å². The number of hydrazone groups is 1. The fourth-order valence-corrected chi connectivity index (χ4v) is 2.69. The second-order valence-electron chi connectivity index (χ2n) is 6.81. The van der Waals surface area contributed by atoms with Crippen LogP contribution in [0.2, 0.25) is 0 Å². The molecule has 2 aromatic rings. The summed E-state index contributed by atoms with van der Waals surface area (Å²) in [5.74, 6) is 0.187. The molecule has 2 aromatic carbocycles. The molecule has 1 N–H and O–H groups in total. The Morgan fingerprint density at radius 2 is 1.76 bits per heavy atom.